The molecule has 3 heteroatoms. The SMILES string of the molecule is CC1CCCCC1C1OCC(CCl)O1. The van der Waals surface area contributed by atoms with Crippen LogP contribution >= 0.6 is 11.6 Å². The molecule has 2 nitrogen and oxygen atoms in total. The van der Waals surface area contributed by atoms with Gasteiger partial charge >= 0.3 is 0 Å². The van der Waals surface area contributed by atoms with Crippen LogP contribution in [0.25, 0.3) is 0 Å². The molecule has 0 aromatic carbocycles. The van der Waals surface area contributed by atoms with Crippen molar-refractivity contribution in [3.8, 4) is 0 Å². The third-order valence-corrected chi connectivity index (χ3v) is 3.82. The Morgan fingerprint density at radius 3 is 2.71 bits per heavy atom. The van der Waals surface area contributed by atoms with E-state index in [2.05, 4.69) is 6.92 Å². The van der Waals surface area contributed by atoms with Gasteiger partial charge < -0.3 is 9.47 Å². The van der Waals surface area contributed by atoms with Crippen LogP contribution in [0.1, 0.15) is 32.6 Å². The molecular formula is C11H19ClO2. The quantitative estimate of drug-likeness (QED) is 0.664. The first kappa shape index (κ1) is 10.7. The molecular weight excluding hydrogens is 200 g/mol. The second-order valence-electron chi connectivity index (χ2n) is 4.54. The van der Waals surface area contributed by atoms with E-state index in [9.17, 15) is 0 Å². The summed E-state index contributed by atoms with van der Waals surface area (Å²) in [5, 5.41) is 0. The van der Waals surface area contributed by atoms with E-state index in [1.807, 2.05) is 0 Å². The average Bonchev–Trinajstić information content (AvgIpc) is 2.67. The molecule has 1 saturated heterocycles. The van der Waals surface area contributed by atoms with Gasteiger partial charge in [-0.25, -0.2) is 0 Å². The number of hydrogen-bond donors (Lipinski definition) is 0. The molecule has 0 N–H and O–H groups in total. The molecule has 82 valence electrons. The summed E-state index contributed by atoms with van der Waals surface area (Å²) in [7, 11) is 0. The van der Waals surface area contributed by atoms with E-state index in [4.69, 9.17) is 21.1 Å². The lowest BCUT2D eigenvalue weighted by molar-refractivity contribution is -0.115. The number of ether oxygens (including phenoxy) is 2. The summed E-state index contributed by atoms with van der Waals surface area (Å²) < 4.78 is 11.4. The maximum atomic E-state index is 5.77. The molecule has 0 amide bonds. The number of hydrogen-bond acceptors (Lipinski definition) is 2. The molecule has 2 aliphatic rings. The van der Waals surface area contributed by atoms with E-state index >= 15 is 0 Å². The van der Waals surface area contributed by atoms with Crippen LogP contribution in [0.3, 0.4) is 0 Å². The van der Waals surface area contributed by atoms with Gasteiger partial charge in [-0.05, 0) is 12.3 Å². The molecule has 0 radical (unpaired) electrons. The van der Waals surface area contributed by atoms with Gasteiger partial charge in [-0.15, -0.1) is 11.6 Å². The molecule has 0 aromatic heterocycles. The molecule has 0 aromatic rings. The van der Waals surface area contributed by atoms with Crippen LogP contribution in [0.4, 0.5) is 0 Å². The molecule has 2 fully saturated rings. The fraction of sp³-hybridized carbons (Fsp3) is 1.00. The number of rotatable bonds is 2. The summed E-state index contributed by atoms with van der Waals surface area (Å²) in [6.07, 6.45) is 5.40. The molecule has 2 rings (SSSR count). The Bertz CT molecular complexity index is 186. The lowest BCUT2D eigenvalue weighted by Crippen LogP contribution is -2.30. The van der Waals surface area contributed by atoms with Gasteiger partial charge in [0.2, 0.25) is 0 Å². The van der Waals surface area contributed by atoms with E-state index in [0.717, 1.165) is 5.92 Å². The van der Waals surface area contributed by atoms with Gasteiger partial charge in [-0.3, -0.25) is 0 Å². The molecule has 0 bridgehead atoms. The second kappa shape index (κ2) is 4.82. The molecule has 0 spiro atoms. The monoisotopic (exact) mass is 218 g/mol. The fourth-order valence-corrected chi connectivity index (χ4v) is 2.69. The fourth-order valence-electron chi connectivity index (χ4n) is 2.53. The predicted octanol–water partition coefficient (Wildman–Crippen LogP) is 2.79. The zero-order chi connectivity index (χ0) is 9.97. The Balaban J connectivity index is 1.88. The van der Waals surface area contributed by atoms with Crippen molar-refractivity contribution in [3.05, 3.63) is 0 Å². The van der Waals surface area contributed by atoms with Crippen molar-refractivity contribution in [2.24, 2.45) is 11.8 Å². The summed E-state index contributed by atoms with van der Waals surface area (Å²) in [6, 6.07) is 0. The van der Waals surface area contributed by atoms with Crippen LogP contribution in [0.15, 0.2) is 0 Å². The van der Waals surface area contributed by atoms with E-state index in [0.29, 0.717) is 18.4 Å². The second-order valence-corrected chi connectivity index (χ2v) is 4.85. The largest absolute Gasteiger partial charge is 0.350 e. The standard InChI is InChI=1S/C11H19ClO2/c1-8-4-2-3-5-10(8)11-13-7-9(6-12)14-11/h8-11H,2-7H2,1H3. The third-order valence-electron chi connectivity index (χ3n) is 3.47. The summed E-state index contributed by atoms with van der Waals surface area (Å²) in [5.74, 6) is 1.89. The highest BCUT2D eigenvalue weighted by Gasteiger charge is 2.36. The number of halogens is 1. The van der Waals surface area contributed by atoms with Crippen molar-refractivity contribution < 1.29 is 9.47 Å². The Kier molecular flexibility index (Phi) is 3.69. The highest BCUT2D eigenvalue weighted by molar-refractivity contribution is 6.18. The van der Waals surface area contributed by atoms with Gasteiger partial charge in [0.25, 0.3) is 0 Å². The summed E-state index contributed by atoms with van der Waals surface area (Å²) in [4.78, 5) is 0. The molecule has 1 heterocycles. The van der Waals surface area contributed by atoms with Crippen molar-refractivity contribution in [2.45, 2.75) is 45.0 Å². The minimum Gasteiger partial charge on any atom is -0.350 e. The maximum absolute atomic E-state index is 5.77. The maximum Gasteiger partial charge on any atom is 0.161 e. The lowest BCUT2D eigenvalue weighted by atomic mass is 9.80. The smallest absolute Gasteiger partial charge is 0.161 e. The normalized spacial score (nSPS) is 44.1. The Hall–Kier alpha value is 0.210. The third kappa shape index (κ3) is 2.23. The highest BCUT2D eigenvalue weighted by Crippen LogP contribution is 2.35. The molecule has 4 unspecified atom stereocenters. The van der Waals surface area contributed by atoms with E-state index in [1.54, 1.807) is 0 Å². The highest BCUT2D eigenvalue weighted by atomic mass is 35.5. The van der Waals surface area contributed by atoms with Gasteiger partial charge in [0, 0.05) is 5.92 Å². The molecule has 1 aliphatic carbocycles. The first-order valence-corrected chi connectivity index (χ1v) is 6.17. The topological polar surface area (TPSA) is 18.5 Å². The van der Waals surface area contributed by atoms with Gasteiger partial charge in [0.1, 0.15) is 0 Å². The van der Waals surface area contributed by atoms with Crippen LogP contribution in [-0.4, -0.2) is 24.9 Å². The van der Waals surface area contributed by atoms with Crippen LogP contribution in [-0.2, 0) is 9.47 Å². The van der Waals surface area contributed by atoms with Crippen LogP contribution in [0.5, 0.6) is 0 Å². The molecule has 14 heavy (non-hydrogen) atoms. The van der Waals surface area contributed by atoms with Gasteiger partial charge in [0.15, 0.2) is 6.29 Å². The molecule has 1 aliphatic heterocycles. The van der Waals surface area contributed by atoms with Gasteiger partial charge in [-0.2, -0.15) is 0 Å². The molecule has 4 atom stereocenters. The van der Waals surface area contributed by atoms with E-state index in [1.165, 1.54) is 25.7 Å². The van der Waals surface area contributed by atoms with Crippen molar-refractivity contribution in [3.63, 3.8) is 0 Å². The zero-order valence-electron chi connectivity index (χ0n) is 8.75. The van der Waals surface area contributed by atoms with Crippen LogP contribution < -0.4 is 0 Å². The Morgan fingerprint density at radius 2 is 2.07 bits per heavy atom. The minimum absolute atomic E-state index is 0.0223. The number of alkyl halides is 1. The Morgan fingerprint density at radius 1 is 1.29 bits per heavy atom. The Labute approximate surface area is 90.9 Å². The van der Waals surface area contributed by atoms with E-state index in [-0.39, 0.29) is 12.4 Å². The zero-order valence-corrected chi connectivity index (χ0v) is 9.50. The van der Waals surface area contributed by atoms with Gasteiger partial charge in [0.05, 0.1) is 18.6 Å². The summed E-state index contributed by atoms with van der Waals surface area (Å²) >= 11 is 5.74. The van der Waals surface area contributed by atoms with E-state index < -0.39 is 0 Å². The first-order valence-electron chi connectivity index (χ1n) is 5.64. The predicted molar refractivity (Wildman–Crippen MR) is 56.5 cm³/mol. The van der Waals surface area contributed by atoms with Gasteiger partial charge in [-0.1, -0.05) is 26.2 Å². The summed E-state index contributed by atoms with van der Waals surface area (Å²) in [5.41, 5.74) is 0. The average molecular weight is 219 g/mol. The van der Waals surface area contributed by atoms with Crippen molar-refractivity contribution in [2.75, 3.05) is 12.5 Å². The van der Waals surface area contributed by atoms with Crippen molar-refractivity contribution in [1.82, 2.24) is 0 Å². The van der Waals surface area contributed by atoms with Crippen LogP contribution in [0, 0.1) is 11.8 Å². The minimum atomic E-state index is 0.0223. The van der Waals surface area contributed by atoms with Crippen LogP contribution in [0.2, 0.25) is 0 Å². The first-order chi connectivity index (χ1) is 6.81. The summed E-state index contributed by atoms with van der Waals surface area (Å²) in [6.45, 7) is 2.99. The lowest BCUT2D eigenvalue weighted by Gasteiger charge is -2.32. The van der Waals surface area contributed by atoms with Crippen molar-refractivity contribution >= 4 is 11.6 Å². The molecule has 1 saturated carbocycles. The van der Waals surface area contributed by atoms with Crippen molar-refractivity contribution in [1.29, 1.82) is 0 Å².